The number of hydrogen-bond acceptors (Lipinski definition) is 3. The van der Waals surface area contributed by atoms with Crippen molar-refractivity contribution in [2.45, 2.75) is 77.5 Å². The number of ether oxygens (including phenoxy) is 1. The number of hydrogen-bond donors (Lipinski definition) is 1. The first kappa shape index (κ1) is 22.2. The van der Waals surface area contributed by atoms with Gasteiger partial charge in [0.15, 0.2) is 0 Å². The van der Waals surface area contributed by atoms with Crippen molar-refractivity contribution in [3.8, 4) is 0 Å². The van der Waals surface area contributed by atoms with Gasteiger partial charge in [0, 0.05) is 29.8 Å². The molecule has 152 valence electrons. The Labute approximate surface area is 170 Å². The largest absolute Gasteiger partial charge is 0.459 e. The zero-order valence-electron chi connectivity index (χ0n) is 18.2. The second-order valence-corrected chi connectivity index (χ2v) is 8.63. The quantitative estimate of drug-likeness (QED) is 0.658. The summed E-state index contributed by atoms with van der Waals surface area (Å²) in [4.78, 5) is 12.6. The van der Waals surface area contributed by atoms with Crippen LogP contribution in [-0.4, -0.2) is 23.2 Å². The maximum atomic E-state index is 12.6. The number of rotatable bonds is 3. The van der Waals surface area contributed by atoms with E-state index in [1.54, 1.807) is 0 Å². The fourth-order valence-electron chi connectivity index (χ4n) is 4.16. The molecule has 28 heavy (non-hydrogen) atoms. The van der Waals surface area contributed by atoms with E-state index < -0.39 is 0 Å². The standard InChI is InChI=1S/C23H29NO2.C2H6/c1-22(2)15-20(16-23(3,4)24-22)26-21(25)19-13-11-18(12-14-19)17-9-7-5-6-8-10-17;1-2/h5-14,17,20,24H,15-16H2,1-4H3;1-2H3. The van der Waals surface area contributed by atoms with E-state index in [2.05, 4.69) is 45.2 Å². The van der Waals surface area contributed by atoms with Crippen molar-refractivity contribution in [3.05, 3.63) is 71.8 Å². The Kier molecular flexibility index (Phi) is 7.42. The summed E-state index contributed by atoms with van der Waals surface area (Å²) in [5.74, 6) is 0.00440. The third-order valence-corrected chi connectivity index (χ3v) is 4.93. The Morgan fingerprint density at radius 1 is 0.893 bits per heavy atom. The number of esters is 1. The molecule has 2 aliphatic rings. The Hall–Kier alpha value is -2.13. The van der Waals surface area contributed by atoms with E-state index in [-0.39, 0.29) is 29.1 Å². The molecular formula is C25H35NO2. The SMILES string of the molecule is CC.CC1(C)CC(OC(=O)c2ccc(C3C=CC=CC=C3)cc2)CC(C)(C)N1. The molecule has 1 heterocycles. The first-order valence-electron chi connectivity index (χ1n) is 10.4. The minimum absolute atomic E-state index is 0.0389. The summed E-state index contributed by atoms with van der Waals surface area (Å²) < 4.78 is 5.84. The molecule has 1 aromatic rings. The molecule has 1 aliphatic carbocycles. The zero-order chi connectivity index (χ0) is 20.8. The normalized spacial score (nSPS) is 20.8. The van der Waals surface area contributed by atoms with Gasteiger partial charge in [-0.05, 0) is 45.4 Å². The number of nitrogens with one attached hydrogen (secondary N) is 1. The lowest BCUT2D eigenvalue weighted by molar-refractivity contribution is -0.00637. The molecule has 0 amide bonds. The lowest BCUT2D eigenvalue weighted by atomic mass is 9.81. The van der Waals surface area contributed by atoms with Crippen molar-refractivity contribution in [1.29, 1.82) is 0 Å². The van der Waals surface area contributed by atoms with Gasteiger partial charge in [-0.1, -0.05) is 62.4 Å². The van der Waals surface area contributed by atoms with Crippen LogP contribution < -0.4 is 5.32 Å². The third kappa shape index (κ3) is 6.20. The summed E-state index contributed by atoms with van der Waals surface area (Å²) in [6, 6.07) is 7.76. The molecule has 1 aromatic carbocycles. The highest BCUT2D eigenvalue weighted by Crippen LogP contribution is 2.31. The van der Waals surface area contributed by atoms with E-state index in [9.17, 15) is 4.79 Å². The predicted octanol–water partition coefficient (Wildman–Crippen LogP) is 5.94. The Morgan fingerprint density at radius 2 is 1.39 bits per heavy atom. The maximum Gasteiger partial charge on any atom is 0.338 e. The van der Waals surface area contributed by atoms with Gasteiger partial charge in [-0.25, -0.2) is 4.79 Å². The van der Waals surface area contributed by atoms with Crippen molar-refractivity contribution in [2.24, 2.45) is 0 Å². The number of carbonyl (C=O) groups excluding carboxylic acids is 1. The second kappa shape index (κ2) is 9.38. The number of allylic oxidation sites excluding steroid dienone is 6. The molecule has 1 saturated heterocycles. The predicted molar refractivity (Wildman–Crippen MR) is 118 cm³/mol. The first-order valence-corrected chi connectivity index (χ1v) is 10.4. The van der Waals surface area contributed by atoms with Crippen LogP contribution in [0.4, 0.5) is 0 Å². The van der Waals surface area contributed by atoms with Crippen LogP contribution in [0.25, 0.3) is 0 Å². The molecule has 0 atom stereocenters. The van der Waals surface area contributed by atoms with Gasteiger partial charge < -0.3 is 10.1 Å². The molecule has 0 bridgehead atoms. The third-order valence-electron chi connectivity index (χ3n) is 4.93. The van der Waals surface area contributed by atoms with Crippen molar-refractivity contribution in [3.63, 3.8) is 0 Å². The lowest BCUT2D eigenvalue weighted by Crippen LogP contribution is -2.59. The minimum atomic E-state index is -0.233. The van der Waals surface area contributed by atoms with Crippen LogP contribution in [0.3, 0.4) is 0 Å². The molecule has 0 spiro atoms. The van der Waals surface area contributed by atoms with Crippen LogP contribution in [0.15, 0.2) is 60.7 Å². The molecule has 3 rings (SSSR count). The molecule has 1 N–H and O–H groups in total. The molecule has 0 unspecified atom stereocenters. The van der Waals surface area contributed by atoms with Gasteiger partial charge in [-0.15, -0.1) is 0 Å². The molecular weight excluding hydrogens is 346 g/mol. The summed E-state index contributed by atoms with van der Waals surface area (Å²) in [7, 11) is 0. The van der Waals surface area contributed by atoms with E-state index in [0.29, 0.717) is 5.56 Å². The summed E-state index contributed by atoms with van der Waals surface area (Å²) in [5.41, 5.74) is 1.70. The molecule has 0 radical (unpaired) electrons. The molecule has 3 nitrogen and oxygen atoms in total. The fourth-order valence-corrected chi connectivity index (χ4v) is 4.16. The highest BCUT2D eigenvalue weighted by Gasteiger charge is 2.39. The van der Waals surface area contributed by atoms with Crippen molar-refractivity contribution < 1.29 is 9.53 Å². The van der Waals surface area contributed by atoms with E-state index in [4.69, 9.17) is 4.74 Å². The van der Waals surface area contributed by atoms with Gasteiger partial charge in [-0.2, -0.15) is 0 Å². The molecule has 0 aromatic heterocycles. The summed E-state index contributed by atoms with van der Waals surface area (Å²) in [6.07, 6.45) is 14.0. The van der Waals surface area contributed by atoms with E-state index in [1.807, 2.05) is 62.4 Å². The molecule has 1 aliphatic heterocycles. The van der Waals surface area contributed by atoms with Crippen molar-refractivity contribution in [1.82, 2.24) is 5.32 Å². The van der Waals surface area contributed by atoms with Gasteiger partial charge in [0.05, 0.1) is 5.56 Å². The van der Waals surface area contributed by atoms with Crippen LogP contribution in [0.5, 0.6) is 0 Å². The topological polar surface area (TPSA) is 38.3 Å². The van der Waals surface area contributed by atoms with E-state index >= 15 is 0 Å². The average Bonchev–Trinajstić information content (AvgIpc) is 2.90. The Balaban J connectivity index is 0.00000136. The van der Waals surface area contributed by atoms with E-state index in [1.165, 1.54) is 5.56 Å². The van der Waals surface area contributed by atoms with Gasteiger partial charge in [0.1, 0.15) is 6.10 Å². The highest BCUT2D eigenvalue weighted by molar-refractivity contribution is 5.89. The summed E-state index contributed by atoms with van der Waals surface area (Å²) in [6.45, 7) is 12.6. The minimum Gasteiger partial charge on any atom is -0.459 e. The Morgan fingerprint density at radius 3 is 1.89 bits per heavy atom. The smallest absolute Gasteiger partial charge is 0.338 e. The van der Waals surface area contributed by atoms with Crippen LogP contribution in [0.1, 0.15) is 76.2 Å². The van der Waals surface area contributed by atoms with Gasteiger partial charge >= 0.3 is 5.97 Å². The zero-order valence-corrected chi connectivity index (χ0v) is 18.2. The number of benzene rings is 1. The van der Waals surface area contributed by atoms with Crippen LogP contribution in [-0.2, 0) is 4.74 Å². The van der Waals surface area contributed by atoms with Crippen LogP contribution >= 0.6 is 0 Å². The first-order chi connectivity index (χ1) is 13.2. The maximum absolute atomic E-state index is 12.6. The van der Waals surface area contributed by atoms with E-state index in [0.717, 1.165) is 12.8 Å². The van der Waals surface area contributed by atoms with Crippen LogP contribution in [0, 0.1) is 0 Å². The van der Waals surface area contributed by atoms with Crippen molar-refractivity contribution in [2.75, 3.05) is 0 Å². The molecule has 0 saturated carbocycles. The summed E-state index contributed by atoms with van der Waals surface area (Å²) in [5, 5.41) is 3.61. The summed E-state index contributed by atoms with van der Waals surface area (Å²) >= 11 is 0. The van der Waals surface area contributed by atoms with Crippen LogP contribution in [0.2, 0.25) is 0 Å². The fraction of sp³-hybridized carbons (Fsp3) is 0.480. The second-order valence-electron chi connectivity index (χ2n) is 8.63. The van der Waals surface area contributed by atoms with Gasteiger partial charge in [0.25, 0.3) is 0 Å². The average molecular weight is 382 g/mol. The lowest BCUT2D eigenvalue weighted by Gasteiger charge is -2.45. The Bertz CT molecular complexity index is 706. The van der Waals surface area contributed by atoms with Gasteiger partial charge in [-0.3, -0.25) is 0 Å². The van der Waals surface area contributed by atoms with Gasteiger partial charge in [0.2, 0.25) is 0 Å². The molecule has 1 fully saturated rings. The molecule has 3 heteroatoms. The monoisotopic (exact) mass is 381 g/mol. The van der Waals surface area contributed by atoms with Crippen molar-refractivity contribution >= 4 is 5.97 Å². The number of piperidine rings is 1. The number of carbonyl (C=O) groups is 1. The highest BCUT2D eigenvalue weighted by atomic mass is 16.5.